The normalized spacial score (nSPS) is 10.4. The lowest BCUT2D eigenvalue weighted by molar-refractivity contribution is -0.119. The molecular formula is C14H14N2O. The van der Waals surface area contributed by atoms with Gasteiger partial charge in [-0.1, -0.05) is 13.0 Å². The number of nitriles is 1. The molecular weight excluding hydrogens is 212 g/mol. The number of carbonyl (C=O) groups excluding carboxylic acids is 1. The van der Waals surface area contributed by atoms with E-state index in [0.29, 0.717) is 18.5 Å². The monoisotopic (exact) mass is 226 g/mol. The fraction of sp³-hybridized carbons (Fsp3) is 0.286. The van der Waals surface area contributed by atoms with E-state index in [1.165, 1.54) is 0 Å². The minimum absolute atomic E-state index is 0.229. The average Bonchev–Trinajstić information content (AvgIpc) is 2.73. The first-order valence-electron chi connectivity index (χ1n) is 5.76. The largest absolute Gasteiger partial charge is 0.340 e. The Hall–Kier alpha value is -2.08. The van der Waals surface area contributed by atoms with Gasteiger partial charge in [0.2, 0.25) is 0 Å². The van der Waals surface area contributed by atoms with Crippen LogP contribution in [0.25, 0.3) is 10.9 Å². The Labute approximate surface area is 100 Å². The van der Waals surface area contributed by atoms with E-state index in [4.69, 9.17) is 5.26 Å². The van der Waals surface area contributed by atoms with Gasteiger partial charge in [0.05, 0.1) is 18.2 Å². The summed E-state index contributed by atoms with van der Waals surface area (Å²) in [5.41, 5.74) is 1.61. The van der Waals surface area contributed by atoms with Gasteiger partial charge in [-0.05, 0) is 24.6 Å². The van der Waals surface area contributed by atoms with Gasteiger partial charge in [0.15, 0.2) is 5.78 Å². The Morgan fingerprint density at radius 3 is 2.94 bits per heavy atom. The lowest BCUT2D eigenvalue weighted by atomic mass is 10.1. The maximum absolute atomic E-state index is 11.6. The summed E-state index contributed by atoms with van der Waals surface area (Å²) >= 11 is 0. The zero-order valence-electron chi connectivity index (χ0n) is 9.81. The first kappa shape index (κ1) is 11.4. The van der Waals surface area contributed by atoms with E-state index in [1.807, 2.05) is 35.9 Å². The number of nitrogens with zero attached hydrogens (tertiary/aromatic N) is 2. The number of benzene rings is 1. The maximum atomic E-state index is 11.6. The van der Waals surface area contributed by atoms with E-state index in [1.54, 1.807) is 6.07 Å². The van der Waals surface area contributed by atoms with Crippen LogP contribution in [-0.4, -0.2) is 10.4 Å². The maximum Gasteiger partial charge on any atom is 0.152 e. The summed E-state index contributed by atoms with van der Waals surface area (Å²) in [5.74, 6) is 0.229. The number of fused-ring (bicyclic) bond motifs is 1. The van der Waals surface area contributed by atoms with Crippen molar-refractivity contribution in [1.29, 1.82) is 5.26 Å². The molecule has 0 spiro atoms. The molecule has 1 aromatic carbocycles. The van der Waals surface area contributed by atoms with Gasteiger partial charge in [0.1, 0.15) is 0 Å². The standard InChI is InChI=1S/C14H14N2O/c1-2-4-12(17)10-16-8-7-13-11(9-15)5-3-6-14(13)16/h3,5-8H,2,4,10H2,1H3. The van der Waals surface area contributed by atoms with Gasteiger partial charge in [0.25, 0.3) is 0 Å². The molecule has 0 amide bonds. The molecule has 3 nitrogen and oxygen atoms in total. The fourth-order valence-corrected chi connectivity index (χ4v) is 2.01. The molecule has 0 atom stereocenters. The Morgan fingerprint density at radius 2 is 2.24 bits per heavy atom. The van der Waals surface area contributed by atoms with Gasteiger partial charge in [-0.2, -0.15) is 5.26 Å². The molecule has 1 aromatic heterocycles. The predicted octanol–water partition coefficient (Wildman–Crippen LogP) is 2.88. The van der Waals surface area contributed by atoms with Gasteiger partial charge in [-0.15, -0.1) is 0 Å². The van der Waals surface area contributed by atoms with Crippen molar-refractivity contribution in [1.82, 2.24) is 4.57 Å². The second kappa shape index (κ2) is 4.84. The zero-order valence-corrected chi connectivity index (χ0v) is 9.81. The number of carbonyl (C=O) groups is 1. The van der Waals surface area contributed by atoms with Gasteiger partial charge >= 0.3 is 0 Å². The van der Waals surface area contributed by atoms with Gasteiger partial charge in [-0.25, -0.2) is 0 Å². The molecule has 86 valence electrons. The van der Waals surface area contributed by atoms with Gasteiger partial charge in [-0.3, -0.25) is 4.79 Å². The third-order valence-corrected chi connectivity index (χ3v) is 2.81. The van der Waals surface area contributed by atoms with Crippen LogP contribution in [0.15, 0.2) is 30.5 Å². The lowest BCUT2D eigenvalue weighted by Gasteiger charge is -2.04. The molecule has 0 saturated heterocycles. The van der Waals surface area contributed by atoms with Crippen LogP contribution in [0.1, 0.15) is 25.3 Å². The molecule has 0 unspecified atom stereocenters. The van der Waals surface area contributed by atoms with E-state index in [0.717, 1.165) is 17.3 Å². The van der Waals surface area contributed by atoms with Crippen molar-refractivity contribution in [3.05, 3.63) is 36.0 Å². The average molecular weight is 226 g/mol. The molecule has 0 saturated carbocycles. The van der Waals surface area contributed by atoms with Crippen molar-refractivity contribution >= 4 is 16.7 Å². The number of hydrogen-bond acceptors (Lipinski definition) is 2. The van der Waals surface area contributed by atoms with Crippen molar-refractivity contribution in [2.45, 2.75) is 26.3 Å². The van der Waals surface area contributed by atoms with E-state index in [2.05, 4.69) is 6.07 Å². The second-order valence-electron chi connectivity index (χ2n) is 4.08. The fourth-order valence-electron chi connectivity index (χ4n) is 2.01. The van der Waals surface area contributed by atoms with Crippen LogP contribution in [0.4, 0.5) is 0 Å². The summed E-state index contributed by atoms with van der Waals surface area (Å²) in [6, 6.07) is 9.64. The smallest absolute Gasteiger partial charge is 0.152 e. The quantitative estimate of drug-likeness (QED) is 0.804. The van der Waals surface area contributed by atoms with E-state index >= 15 is 0 Å². The van der Waals surface area contributed by atoms with Crippen LogP contribution in [0, 0.1) is 11.3 Å². The molecule has 0 aliphatic carbocycles. The van der Waals surface area contributed by atoms with Gasteiger partial charge < -0.3 is 4.57 Å². The lowest BCUT2D eigenvalue weighted by Crippen LogP contribution is -2.08. The van der Waals surface area contributed by atoms with Crippen LogP contribution in [0.3, 0.4) is 0 Å². The SMILES string of the molecule is CCCC(=O)Cn1ccc2c(C#N)cccc21. The Morgan fingerprint density at radius 1 is 1.41 bits per heavy atom. The molecule has 0 aliphatic rings. The number of Topliss-reactive ketones (excluding diaryl/α,β-unsaturated/α-hetero) is 1. The highest BCUT2D eigenvalue weighted by atomic mass is 16.1. The molecule has 0 radical (unpaired) electrons. The molecule has 17 heavy (non-hydrogen) atoms. The van der Waals surface area contributed by atoms with E-state index in [9.17, 15) is 4.79 Å². The molecule has 0 N–H and O–H groups in total. The van der Waals surface area contributed by atoms with Crippen LogP contribution in [-0.2, 0) is 11.3 Å². The Bertz CT molecular complexity index is 590. The number of rotatable bonds is 4. The van der Waals surface area contributed by atoms with Crippen molar-refractivity contribution in [3.8, 4) is 6.07 Å². The highest BCUT2D eigenvalue weighted by Crippen LogP contribution is 2.19. The van der Waals surface area contributed by atoms with Gasteiger partial charge in [0, 0.05) is 23.5 Å². The molecule has 0 aliphatic heterocycles. The van der Waals surface area contributed by atoms with E-state index in [-0.39, 0.29) is 5.78 Å². The van der Waals surface area contributed by atoms with Crippen LogP contribution < -0.4 is 0 Å². The minimum atomic E-state index is 0.229. The topological polar surface area (TPSA) is 45.8 Å². The first-order chi connectivity index (χ1) is 8.26. The third kappa shape index (κ3) is 2.21. The van der Waals surface area contributed by atoms with Crippen LogP contribution in [0.5, 0.6) is 0 Å². The van der Waals surface area contributed by atoms with Crippen LogP contribution >= 0.6 is 0 Å². The predicted molar refractivity (Wildman–Crippen MR) is 66.6 cm³/mol. The summed E-state index contributed by atoms with van der Waals surface area (Å²) < 4.78 is 1.91. The summed E-state index contributed by atoms with van der Waals surface area (Å²) in [6.45, 7) is 2.39. The molecule has 1 heterocycles. The first-order valence-corrected chi connectivity index (χ1v) is 5.76. The number of ketones is 1. The third-order valence-electron chi connectivity index (χ3n) is 2.81. The minimum Gasteiger partial charge on any atom is -0.340 e. The highest BCUT2D eigenvalue weighted by molar-refractivity contribution is 5.88. The summed E-state index contributed by atoms with van der Waals surface area (Å²) in [4.78, 5) is 11.6. The second-order valence-corrected chi connectivity index (χ2v) is 4.08. The Kier molecular flexibility index (Phi) is 3.24. The van der Waals surface area contributed by atoms with Crippen molar-refractivity contribution in [2.75, 3.05) is 0 Å². The van der Waals surface area contributed by atoms with Crippen LogP contribution in [0.2, 0.25) is 0 Å². The molecule has 0 fully saturated rings. The van der Waals surface area contributed by atoms with Crippen molar-refractivity contribution in [2.24, 2.45) is 0 Å². The summed E-state index contributed by atoms with van der Waals surface area (Å²) in [5, 5.41) is 9.90. The Balaban J connectivity index is 2.37. The highest BCUT2D eigenvalue weighted by Gasteiger charge is 2.07. The van der Waals surface area contributed by atoms with Crippen molar-refractivity contribution in [3.63, 3.8) is 0 Å². The zero-order chi connectivity index (χ0) is 12.3. The summed E-state index contributed by atoms with van der Waals surface area (Å²) in [7, 11) is 0. The molecule has 2 aromatic rings. The molecule has 3 heteroatoms. The van der Waals surface area contributed by atoms with E-state index < -0.39 is 0 Å². The number of hydrogen-bond donors (Lipinski definition) is 0. The molecule has 0 bridgehead atoms. The van der Waals surface area contributed by atoms with Crippen molar-refractivity contribution < 1.29 is 4.79 Å². The summed E-state index contributed by atoms with van der Waals surface area (Å²) in [6.07, 6.45) is 3.36. The number of aromatic nitrogens is 1. The molecule has 2 rings (SSSR count).